The Morgan fingerprint density at radius 2 is 1.79 bits per heavy atom. The van der Waals surface area contributed by atoms with Crippen molar-refractivity contribution in [2.24, 2.45) is 0 Å². The molecule has 152 valence electrons. The highest BCUT2D eigenvalue weighted by molar-refractivity contribution is 6.03. The van der Waals surface area contributed by atoms with Gasteiger partial charge in [0.25, 0.3) is 5.91 Å². The van der Waals surface area contributed by atoms with E-state index in [1.165, 1.54) is 12.1 Å². The molecule has 1 heterocycles. The van der Waals surface area contributed by atoms with E-state index in [1.54, 1.807) is 25.1 Å². The van der Waals surface area contributed by atoms with Gasteiger partial charge >= 0.3 is 6.61 Å². The number of carbonyl (C=O) groups is 1. The number of hydrogen-bond donors (Lipinski definition) is 1. The van der Waals surface area contributed by atoms with E-state index in [0.29, 0.717) is 5.76 Å². The number of halogens is 2. The van der Waals surface area contributed by atoms with Gasteiger partial charge in [-0.1, -0.05) is 24.3 Å². The molecule has 0 spiro atoms. The minimum absolute atomic E-state index is 0.0367. The Labute approximate surface area is 167 Å². The van der Waals surface area contributed by atoms with E-state index in [0.717, 1.165) is 22.4 Å². The van der Waals surface area contributed by atoms with E-state index in [9.17, 15) is 13.6 Å². The van der Waals surface area contributed by atoms with E-state index in [-0.39, 0.29) is 23.8 Å². The lowest BCUT2D eigenvalue weighted by atomic mass is 10.1. The van der Waals surface area contributed by atoms with Crippen molar-refractivity contribution in [3.8, 4) is 11.5 Å². The minimum Gasteiger partial charge on any atom is -0.485 e. The molecule has 0 bridgehead atoms. The molecule has 1 amide bonds. The quantitative estimate of drug-likeness (QED) is 0.557. The van der Waals surface area contributed by atoms with Crippen LogP contribution in [0.5, 0.6) is 11.5 Å². The molecular weight excluding hydrogens is 380 g/mol. The summed E-state index contributed by atoms with van der Waals surface area (Å²) < 4.78 is 41.0. The second kappa shape index (κ2) is 8.77. The average molecular weight is 401 g/mol. The van der Waals surface area contributed by atoms with Crippen LogP contribution in [0.25, 0.3) is 0 Å². The molecule has 1 aromatic heterocycles. The van der Waals surface area contributed by atoms with E-state index in [4.69, 9.17) is 9.15 Å². The zero-order chi connectivity index (χ0) is 21.0. The predicted molar refractivity (Wildman–Crippen MR) is 105 cm³/mol. The number of anilines is 1. The van der Waals surface area contributed by atoms with Crippen LogP contribution in [0.15, 0.2) is 52.9 Å². The summed E-state index contributed by atoms with van der Waals surface area (Å²) in [5, 5.41) is 2.55. The summed E-state index contributed by atoms with van der Waals surface area (Å²) in [4.78, 5) is 12.5. The Bertz CT molecular complexity index is 994. The lowest BCUT2D eigenvalue weighted by Crippen LogP contribution is -2.13. The highest BCUT2D eigenvalue weighted by Gasteiger charge is 2.16. The Morgan fingerprint density at radius 1 is 1.07 bits per heavy atom. The standard InChI is InChI=1S/C22H21F2NO4/c1-13-7-9-18(29-22(23)24)17(11-13)25-21(26)19-10-8-16(28-19)12-27-20-14(2)5-4-6-15(20)3/h4-11,22H,12H2,1-3H3,(H,25,26). The predicted octanol–water partition coefficient (Wildman–Crippen LogP) is 5.64. The average Bonchev–Trinajstić information content (AvgIpc) is 3.12. The Kier molecular flexibility index (Phi) is 6.16. The maximum absolute atomic E-state index is 12.6. The Balaban J connectivity index is 1.69. The lowest BCUT2D eigenvalue weighted by molar-refractivity contribution is -0.0493. The molecule has 0 radical (unpaired) electrons. The summed E-state index contributed by atoms with van der Waals surface area (Å²) in [7, 11) is 0. The van der Waals surface area contributed by atoms with Crippen LogP contribution in [-0.2, 0) is 6.61 Å². The van der Waals surface area contributed by atoms with Crippen LogP contribution in [0.3, 0.4) is 0 Å². The molecule has 0 atom stereocenters. The number of hydrogen-bond acceptors (Lipinski definition) is 4. The molecule has 0 saturated heterocycles. The number of alkyl halides is 2. The number of para-hydroxylation sites is 1. The molecule has 0 unspecified atom stereocenters. The molecule has 7 heteroatoms. The van der Waals surface area contributed by atoms with Gasteiger partial charge in [-0.2, -0.15) is 8.78 Å². The SMILES string of the molecule is Cc1ccc(OC(F)F)c(NC(=O)c2ccc(COc3c(C)cccc3C)o2)c1. The van der Waals surface area contributed by atoms with Gasteiger partial charge in [-0.05, 0) is 61.7 Å². The van der Waals surface area contributed by atoms with Crippen LogP contribution in [0.4, 0.5) is 14.5 Å². The monoisotopic (exact) mass is 401 g/mol. The summed E-state index contributed by atoms with van der Waals surface area (Å²) in [6, 6.07) is 13.5. The topological polar surface area (TPSA) is 60.7 Å². The van der Waals surface area contributed by atoms with E-state index >= 15 is 0 Å². The molecule has 0 aliphatic rings. The van der Waals surface area contributed by atoms with Crippen LogP contribution < -0.4 is 14.8 Å². The number of rotatable bonds is 7. The van der Waals surface area contributed by atoms with Crippen LogP contribution in [0, 0.1) is 20.8 Å². The second-order valence-corrected chi connectivity index (χ2v) is 6.61. The number of amides is 1. The number of ether oxygens (including phenoxy) is 2. The maximum atomic E-state index is 12.6. The van der Waals surface area contributed by atoms with E-state index in [2.05, 4.69) is 10.1 Å². The van der Waals surface area contributed by atoms with Crippen LogP contribution in [-0.4, -0.2) is 12.5 Å². The highest BCUT2D eigenvalue weighted by Crippen LogP contribution is 2.28. The molecule has 0 aliphatic carbocycles. The lowest BCUT2D eigenvalue weighted by Gasteiger charge is -2.12. The van der Waals surface area contributed by atoms with Crippen LogP contribution >= 0.6 is 0 Å². The molecule has 3 rings (SSSR count). The van der Waals surface area contributed by atoms with Gasteiger partial charge in [0.2, 0.25) is 0 Å². The van der Waals surface area contributed by atoms with E-state index in [1.807, 2.05) is 32.0 Å². The van der Waals surface area contributed by atoms with Crippen LogP contribution in [0.2, 0.25) is 0 Å². The fourth-order valence-electron chi connectivity index (χ4n) is 2.87. The van der Waals surface area contributed by atoms with Crippen LogP contribution in [0.1, 0.15) is 33.0 Å². The smallest absolute Gasteiger partial charge is 0.387 e. The van der Waals surface area contributed by atoms with Gasteiger partial charge in [0.1, 0.15) is 23.9 Å². The van der Waals surface area contributed by atoms with Gasteiger partial charge in [-0.3, -0.25) is 4.79 Å². The number of nitrogens with one attached hydrogen (secondary N) is 1. The third-order valence-electron chi connectivity index (χ3n) is 4.25. The third kappa shape index (κ3) is 5.13. The van der Waals surface area contributed by atoms with Crippen molar-refractivity contribution in [2.75, 3.05) is 5.32 Å². The van der Waals surface area contributed by atoms with Crippen molar-refractivity contribution < 1.29 is 27.5 Å². The number of aryl methyl sites for hydroxylation is 3. The maximum Gasteiger partial charge on any atom is 0.387 e. The van der Waals surface area contributed by atoms with Crippen molar-refractivity contribution in [1.29, 1.82) is 0 Å². The highest BCUT2D eigenvalue weighted by atomic mass is 19.3. The van der Waals surface area contributed by atoms with Crippen molar-refractivity contribution in [3.63, 3.8) is 0 Å². The zero-order valence-corrected chi connectivity index (χ0v) is 16.3. The van der Waals surface area contributed by atoms with E-state index < -0.39 is 12.5 Å². The summed E-state index contributed by atoms with van der Waals surface area (Å²) in [5.41, 5.74) is 2.92. The second-order valence-electron chi connectivity index (χ2n) is 6.61. The van der Waals surface area contributed by atoms with Gasteiger partial charge in [0.05, 0.1) is 5.69 Å². The third-order valence-corrected chi connectivity index (χ3v) is 4.25. The summed E-state index contributed by atoms with van der Waals surface area (Å²) >= 11 is 0. The largest absolute Gasteiger partial charge is 0.485 e. The first-order valence-corrected chi connectivity index (χ1v) is 8.98. The van der Waals surface area contributed by atoms with Gasteiger partial charge in [-0.25, -0.2) is 0 Å². The van der Waals surface area contributed by atoms with Gasteiger partial charge in [0, 0.05) is 0 Å². The molecular formula is C22H21F2NO4. The zero-order valence-electron chi connectivity index (χ0n) is 16.3. The fourth-order valence-corrected chi connectivity index (χ4v) is 2.87. The molecule has 1 N–H and O–H groups in total. The first kappa shape index (κ1) is 20.4. The summed E-state index contributed by atoms with van der Waals surface area (Å²) in [5.74, 6) is 0.571. The fraction of sp³-hybridized carbons (Fsp3) is 0.227. The molecule has 0 aliphatic heterocycles. The molecule has 5 nitrogen and oxygen atoms in total. The van der Waals surface area contributed by atoms with Gasteiger partial charge < -0.3 is 19.2 Å². The molecule has 0 fully saturated rings. The van der Waals surface area contributed by atoms with Crippen molar-refractivity contribution >= 4 is 11.6 Å². The Hall–Kier alpha value is -3.35. The normalized spacial score (nSPS) is 10.8. The van der Waals surface area contributed by atoms with Gasteiger partial charge in [-0.15, -0.1) is 0 Å². The van der Waals surface area contributed by atoms with Crippen molar-refractivity contribution in [1.82, 2.24) is 0 Å². The van der Waals surface area contributed by atoms with Crippen molar-refractivity contribution in [2.45, 2.75) is 34.0 Å². The Morgan fingerprint density at radius 3 is 2.48 bits per heavy atom. The summed E-state index contributed by atoms with van der Waals surface area (Å²) in [6.07, 6.45) is 0. The van der Waals surface area contributed by atoms with Gasteiger partial charge in [0.15, 0.2) is 5.76 Å². The minimum atomic E-state index is -2.99. The number of benzene rings is 2. The first-order valence-electron chi connectivity index (χ1n) is 8.98. The molecule has 0 saturated carbocycles. The molecule has 29 heavy (non-hydrogen) atoms. The summed E-state index contributed by atoms with van der Waals surface area (Å²) in [6.45, 7) is 2.83. The molecule has 3 aromatic rings. The van der Waals surface area contributed by atoms with Crippen molar-refractivity contribution in [3.05, 3.63) is 76.7 Å². The molecule has 2 aromatic carbocycles. The first-order chi connectivity index (χ1) is 13.8. The number of carbonyl (C=O) groups excluding carboxylic acids is 1. The number of furan rings is 1.